The van der Waals surface area contributed by atoms with Crippen LogP contribution in [0.5, 0.6) is 0 Å². The van der Waals surface area contributed by atoms with E-state index in [-0.39, 0.29) is 22.7 Å². The summed E-state index contributed by atoms with van der Waals surface area (Å²) in [4.78, 5) is 16.1. The average molecular weight is 385 g/mol. The lowest BCUT2D eigenvalue weighted by Crippen LogP contribution is -2.23. The van der Waals surface area contributed by atoms with Crippen molar-refractivity contribution >= 4 is 21.6 Å². The van der Waals surface area contributed by atoms with Gasteiger partial charge < -0.3 is 5.32 Å². The van der Waals surface area contributed by atoms with E-state index in [1.807, 2.05) is 0 Å². The van der Waals surface area contributed by atoms with E-state index >= 15 is 0 Å². The van der Waals surface area contributed by atoms with Crippen LogP contribution in [-0.4, -0.2) is 19.3 Å². The molecular formula is C19H16FN3O3S. The standard InChI is InChI=1S/C19H16FN3O3S/c20-17-6-1-2-7-18(17)23-27(25,26)16-5-3-4-15(12-16)19(24)22-13-14-8-10-21-11-9-14/h1-12,23H,13H2,(H,22,24). The molecule has 0 aliphatic heterocycles. The Bertz CT molecular complexity index is 1060. The number of carbonyl (C=O) groups is 1. The summed E-state index contributed by atoms with van der Waals surface area (Å²) in [7, 11) is -4.04. The molecule has 1 amide bonds. The van der Waals surface area contributed by atoms with E-state index in [1.165, 1.54) is 42.5 Å². The first kappa shape index (κ1) is 18.5. The minimum absolute atomic E-state index is 0.137. The number of sulfonamides is 1. The first-order valence-electron chi connectivity index (χ1n) is 8.00. The third kappa shape index (κ3) is 4.68. The summed E-state index contributed by atoms with van der Waals surface area (Å²) in [5.41, 5.74) is 0.883. The van der Waals surface area contributed by atoms with Gasteiger partial charge in [-0.3, -0.25) is 14.5 Å². The van der Waals surface area contributed by atoms with Crippen LogP contribution in [0, 0.1) is 5.82 Å². The Balaban J connectivity index is 1.76. The topological polar surface area (TPSA) is 88.2 Å². The molecule has 1 aromatic heterocycles. The number of para-hydroxylation sites is 1. The van der Waals surface area contributed by atoms with Crippen molar-refractivity contribution in [2.45, 2.75) is 11.4 Å². The Labute approximate surface area is 156 Å². The summed E-state index contributed by atoms with van der Waals surface area (Å²) in [6, 6.07) is 14.5. The molecule has 0 unspecified atom stereocenters. The van der Waals surface area contributed by atoms with Gasteiger partial charge in [0.2, 0.25) is 0 Å². The molecule has 0 radical (unpaired) electrons. The number of nitrogens with zero attached hydrogens (tertiary/aromatic N) is 1. The zero-order chi connectivity index (χ0) is 19.3. The van der Waals surface area contributed by atoms with E-state index in [2.05, 4.69) is 15.0 Å². The summed E-state index contributed by atoms with van der Waals surface area (Å²) in [6.07, 6.45) is 3.23. The highest BCUT2D eigenvalue weighted by molar-refractivity contribution is 7.92. The minimum Gasteiger partial charge on any atom is -0.348 e. The molecule has 3 rings (SSSR count). The van der Waals surface area contributed by atoms with E-state index < -0.39 is 21.7 Å². The van der Waals surface area contributed by atoms with E-state index in [1.54, 1.807) is 24.5 Å². The molecule has 138 valence electrons. The van der Waals surface area contributed by atoms with Gasteiger partial charge in [-0.25, -0.2) is 12.8 Å². The third-order valence-corrected chi connectivity index (χ3v) is 5.09. The first-order chi connectivity index (χ1) is 13.0. The van der Waals surface area contributed by atoms with Crippen LogP contribution in [0.3, 0.4) is 0 Å². The lowest BCUT2D eigenvalue weighted by molar-refractivity contribution is 0.0950. The normalized spacial score (nSPS) is 11.0. The van der Waals surface area contributed by atoms with Gasteiger partial charge in [-0.05, 0) is 48.0 Å². The second-order valence-corrected chi connectivity index (χ2v) is 7.33. The van der Waals surface area contributed by atoms with Crippen molar-refractivity contribution in [1.29, 1.82) is 0 Å². The maximum atomic E-state index is 13.7. The molecule has 0 spiro atoms. The van der Waals surface area contributed by atoms with Crippen molar-refractivity contribution in [2.75, 3.05) is 4.72 Å². The fourth-order valence-electron chi connectivity index (χ4n) is 2.34. The van der Waals surface area contributed by atoms with Crippen molar-refractivity contribution in [3.05, 3.63) is 90.0 Å². The second kappa shape index (κ2) is 7.96. The fourth-order valence-corrected chi connectivity index (χ4v) is 3.45. The molecule has 0 saturated heterocycles. The molecule has 1 heterocycles. The lowest BCUT2D eigenvalue weighted by atomic mass is 10.2. The first-order valence-corrected chi connectivity index (χ1v) is 9.48. The molecule has 0 fully saturated rings. The zero-order valence-electron chi connectivity index (χ0n) is 14.1. The number of pyridine rings is 1. The van der Waals surface area contributed by atoms with Crippen molar-refractivity contribution < 1.29 is 17.6 Å². The number of halogens is 1. The van der Waals surface area contributed by atoms with E-state index in [0.717, 1.165) is 11.6 Å². The molecule has 8 heteroatoms. The highest BCUT2D eigenvalue weighted by Gasteiger charge is 2.18. The zero-order valence-corrected chi connectivity index (χ0v) is 14.9. The molecule has 0 bridgehead atoms. The van der Waals surface area contributed by atoms with Crippen LogP contribution in [-0.2, 0) is 16.6 Å². The maximum Gasteiger partial charge on any atom is 0.262 e. The van der Waals surface area contributed by atoms with Crippen LogP contribution in [0.25, 0.3) is 0 Å². The smallest absolute Gasteiger partial charge is 0.262 e. The van der Waals surface area contributed by atoms with E-state index in [0.29, 0.717) is 0 Å². The summed E-state index contributed by atoms with van der Waals surface area (Å²) < 4.78 is 40.9. The minimum atomic E-state index is -4.04. The molecule has 27 heavy (non-hydrogen) atoms. The van der Waals surface area contributed by atoms with E-state index in [4.69, 9.17) is 0 Å². The number of benzene rings is 2. The SMILES string of the molecule is O=C(NCc1ccncc1)c1cccc(S(=O)(=O)Nc2ccccc2F)c1. The van der Waals surface area contributed by atoms with Gasteiger partial charge in [0.1, 0.15) is 5.82 Å². The maximum absolute atomic E-state index is 13.7. The largest absolute Gasteiger partial charge is 0.348 e. The van der Waals surface area contributed by atoms with Crippen LogP contribution in [0.15, 0.2) is 78.0 Å². The van der Waals surface area contributed by atoms with Crippen LogP contribution < -0.4 is 10.0 Å². The van der Waals surface area contributed by atoms with Crippen LogP contribution in [0.2, 0.25) is 0 Å². The van der Waals surface area contributed by atoms with Gasteiger partial charge >= 0.3 is 0 Å². The summed E-state index contributed by atoms with van der Waals surface area (Å²) in [6.45, 7) is 0.284. The van der Waals surface area contributed by atoms with Gasteiger partial charge in [-0.15, -0.1) is 0 Å². The molecule has 0 aliphatic carbocycles. The Morgan fingerprint density at radius 3 is 2.48 bits per heavy atom. The molecule has 0 atom stereocenters. The number of hydrogen-bond acceptors (Lipinski definition) is 4. The highest BCUT2D eigenvalue weighted by Crippen LogP contribution is 2.19. The fraction of sp³-hybridized carbons (Fsp3) is 0.0526. The third-order valence-electron chi connectivity index (χ3n) is 3.73. The van der Waals surface area contributed by atoms with Crippen molar-refractivity contribution in [1.82, 2.24) is 10.3 Å². The number of anilines is 1. The van der Waals surface area contributed by atoms with Crippen molar-refractivity contribution in [3.8, 4) is 0 Å². The van der Waals surface area contributed by atoms with Crippen LogP contribution >= 0.6 is 0 Å². The predicted octanol–water partition coefficient (Wildman–Crippen LogP) is 2.95. The van der Waals surface area contributed by atoms with Crippen LogP contribution in [0.4, 0.5) is 10.1 Å². The number of carbonyl (C=O) groups excluding carboxylic acids is 1. The Kier molecular flexibility index (Phi) is 5.46. The van der Waals surface area contributed by atoms with Gasteiger partial charge in [0.15, 0.2) is 0 Å². The molecule has 3 aromatic rings. The predicted molar refractivity (Wildman–Crippen MR) is 99.1 cm³/mol. The number of aromatic nitrogens is 1. The average Bonchev–Trinajstić information content (AvgIpc) is 2.69. The highest BCUT2D eigenvalue weighted by atomic mass is 32.2. The molecule has 2 N–H and O–H groups in total. The van der Waals surface area contributed by atoms with Crippen LogP contribution in [0.1, 0.15) is 15.9 Å². The molecule has 0 saturated carbocycles. The number of amides is 1. The summed E-state index contributed by atoms with van der Waals surface area (Å²) in [5.74, 6) is -1.11. The van der Waals surface area contributed by atoms with Gasteiger partial charge in [-0.2, -0.15) is 0 Å². The lowest BCUT2D eigenvalue weighted by Gasteiger charge is -2.10. The second-order valence-electron chi connectivity index (χ2n) is 5.65. The van der Waals surface area contributed by atoms with Gasteiger partial charge in [0.05, 0.1) is 10.6 Å². The van der Waals surface area contributed by atoms with Gasteiger partial charge in [-0.1, -0.05) is 18.2 Å². The summed E-state index contributed by atoms with van der Waals surface area (Å²) in [5, 5.41) is 2.71. The Morgan fingerprint density at radius 2 is 1.74 bits per heavy atom. The number of nitrogens with one attached hydrogen (secondary N) is 2. The van der Waals surface area contributed by atoms with Crippen molar-refractivity contribution in [3.63, 3.8) is 0 Å². The Hall–Kier alpha value is -3.26. The number of hydrogen-bond donors (Lipinski definition) is 2. The molecular weight excluding hydrogens is 369 g/mol. The van der Waals surface area contributed by atoms with Crippen molar-refractivity contribution in [2.24, 2.45) is 0 Å². The Morgan fingerprint density at radius 1 is 1.00 bits per heavy atom. The van der Waals surface area contributed by atoms with E-state index in [9.17, 15) is 17.6 Å². The quantitative estimate of drug-likeness (QED) is 0.683. The summed E-state index contributed by atoms with van der Waals surface area (Å²) >= 11 is 0. The monoisotopic (exact) mass is 385 g/mol. The molecule has 6 nitrogen and oxygen atoms in total. The number of rotatable bonds is 6. The molecule has 0 aliphatic rings. The molecule has 2 aromatic carbocycles. The van der Waals surface area contributed by atoms with Gasteiger partial charge in [0, 0.05) is 24.5 Å². The van der Waals surface area contributed by atoms with Gasteiger partial charge in [0.25, 0.3) is 15.9 Å².